The van der Waals surface area contributed by atoms with Crippen LogP contribution >= 0.6 is 15.9 Å². The summed E-state index contributed by atoms with van der Waals surface area (Å²) in [6, 6.07) is 7.24. The van der Waals surface area contributed by atoms with Gasteiger partial charge in [0.15, 0.2) is 0 Å². The fourth-order valence-electron chi connectivity index (χ4n) is 3.77. The average molecular weight is 309 g/mol. The SMILES string of the molecule is NCc1c(Br)cccc1N1CCCC2CCCC21. The number of anilines is 1. The first kappa shape index (κ1) is 12.5. The number of halogens is 1. The van der Waals surface area contributed by atoms with E-state index in [4.69, 9.17) is 5.73 Å². The Morgan fingerprint density at radius 1 is 1.22 bits per heavy atom. The second-order valence-corrected chi connectivity index (χ2v) is 6.39. The molecule has 2 nitrogen and oxygen atoms in total. The van der Waals surface area contributed by atoms with E-state index in [1.54, 1.807) is 0 Å². The van der Waals surface area contributed by atoms with Crippen molar-refractivity contribution in [2.24, 2.45) is 11.7 Å². The predicted molar refractivity (Wildman–Crippen MR) is 79.7 cm³/mol. The summed E-state index contributed by atoms with van der Waals surface area (Å²) in [5.74, 6) is 0.920. The maximum Gasteiger partial charge on any atom is 0.0425 e. The maximum absolute atomic E-state index is 5.94. The van der Waals surface area contributed by atoms with Crippen LogP contribution in [0.2, 0.25) is 0 Å². The molecule has 18 heavy (non-hydrogen) atoms. The molecule has 2 aliphatic rings. The fourth-order valence-corrected chi connectivity index (χ4v) is 4.29. The number of nitrogens with two attached hydrogens (primary N) is 1. The fraction of sp³-hybridized carbons (Fsp3) is 0.600. The molecule has 1 aliphatic carbocycles. The first-order chi connectivity index (χ1) is 8.81. The molecule has 0 aromatic heterocycles. The largest absolute Gasteiger partial charge is 0.368 e. The Labute approximate surface area is 118 Å². The highest BCUT2D eigenvalue weighted by molar-refractivity contribution is 9.10. The highest BCUT2D eigenvalue weighted by atomic mass is 79.9. The number of fused-ring (bicyclic) bond motifs is 1. The van der Waals surface area contributed by atoms with E-state index in [-0.39, 0.29) is 0 Å². The van der Waals surface area contributed by atoms with Crippen LogP contribution < -0.4 is 10.6 Å². The Bertz CT molecular complexity index is 433. The van der Waals surface area contributed by atoms with Crippen molar-refractivity contribution in [2.45, 2.75) is 44.7 Å². The molecular weight excluding hydrogens is 288 g/mol. The molecule has 1 aromatic carbocycles. The Hall–Kier alpha value is -0.540. The Morgan fingerprint density at radius 2 is 2.06 bits per heavy atom. The highest BCUT2D eigenvalue weighted by Crippen LogP contribution is 2.41. The van der Waals surface area contributed by atoms with Crippen LogP contribution in [0.15, 0.2) is 22.7 Å². The summed E-state index contributed by atoms with van der Waals surface area (Å²) in [5.41, 5.74) is 8.57. The highest BCUT2D eigenvalue weighted by Gasteiger charge is 2.35. The van der Waals surface area contributed by atoms with E-state index in [9.17, 15) is 0 Å². The minimum absolute atomic E-state index is 0.616. The number of hydrogen-bond acceptors (Lipinski definition) is 2. The van der Waals surface area contributed by atoms with Crippen LogP contribution in [0.4, 0.5) is 5.69 Å². The van der Waals surface area contributed by atoms with Gasteiger partial charge in [-0.25, -0.2) is 0 Å². The quantitative estimate of drug-likeness (QED) is 0.903. The zero-order chi connectivity index (χ0) is 12.5. The molecular formula is C15H21BrN2. The van der Waals surface area contributed by atoms with Crippen molar-refractivity contribution >= 4 is 21.6 Å². The van der Waals surface area contributed by atoms with Crippen LogP contribution in [0.1, 0.15) is 37.7 Å². The number of piperidine rings is 1. The first-order valence-electron chi connectivity index (χ1n) is 7.05. The lowest BCUT2D eigenvalue weighted by Crippen LogP contribution is -2.43. The normalized spacial score (nSPS) is 27.3. The van der Waals surface area contributed by atoms with E-state index < -0.39 is 0 Å². The lowest BCUT2D eigenvalue weighted by Gasteiger charge is -2.40. The number of nitrogens with zero attached hydrogens (tertiary/aromatic N) is 1. The van der Waals surface area contributed by atoms with E-state index in [0.717, 1.165) is 16.4 Å². The summed E-state index contributed by atoms with van der Waals surface area (Å²) in [6.45, 7) is 1.81. The molecule has 0 radical (unpaired) electrons. The summed E-state index contributed by atoms with van der Waals surface area (Å²) in [7, 11) is 0. The van der Waals surface area contributed by atoms with E-state index >= 15 is 0 Å². The van der Waals surface area contributed by atoms with Gasteiger partial charge in [-0.1, -0.05) is 28.4 Å². The van der Waals surface area contributed by atoms with E-state index in [0.29, 0.717) is 6.54 Å². The van der Waals surface area contributed by atoms with Gasteiger partial charge in [0.25, 0.3) is 0 Å². The Kier molecular flexibility index (Phi) is 3.62. The molecule has 3 rings (SSSR count). The average Bonchev–Trinajstić information content (AvgIpc) is 2.86. The zero-order valence-corrected chi connectivity index (χ0v) is 12.3. The minimum Gasteiger partial charge on any atom is -0.368 e. The molecule has 1 saturated heterocycles. The molecule has 0 bridgehead atoms. The van der Waals surface area contributed by atoms with Gasteiger partial charge in [-0.15, -0.1) is 0 Å². The van der Waals surface area contributed by atoms with Gasteiger partial charge in [0.05, 0.1) is 0 Å². The van der Waals surface area contributed by atoms with Crippen molar-refractivity contribution in [2.75, 3.05) is 11.4 Å². The van der Waals surface area contributed by atoms with Gasteiger partial charge in [0.2, 0.25) is 0 Å². The number of rotatable bonds is 2. The van der Waals surface area contributed by atoms with Crippen LogP contribution in [0.25, 0.3) is 0 Å². The molecule has 1 heterocycles. The minimum atomic E-state index is 0.616. The molecule has 2 N–H and O–H groups in total. The molecule has 1 aliphatic heterocycles. The lowest BCUT2D eigenvalue weighted by molar-refractivity contribution is 0.362. The second-order valence-electron chi connectivity index (χ2n) is 5.54. The van der Waals surface area contributed by atoms with Crippen molar-refractivity contribution < 1.29 is 0 Å². The van der Waals surface area contributed by atoms with Crippen LogP contribution in [0, 0.1) is 5.92 Å². The van der Waals surface area contributed by atoms with Crippen molar-refractivity contribution in [3.05, 3.63) is 28.2 Å². The van der Waals surface area contributed by atoms with Crippen LogP contribution in [0.3, 0.4) is 0 Å². The van der Waals surface area contributed by atoms with E-state index in [1.165, 1.54) is 49.9 Å². The van der Waals surface area contributed by atoms with Crippen molar-refractivity contribution in [1.82, 2.24) is 0 Å². The molecule has 2 atom stereocenters. The first-order valence-corrected chi connectivity index (χ1v) is 7.84. The van der Waals surface area contributed by atoms with Gasteiger partial charge in [-0.05, 0) is 43.7 Å². The summed E-state index contributed by atoms with van der Waals surface area (Å²) in [5, 5.41) is 0. The summed E-state index contributed by atoms with van der Waals surface area (Å²) in [6.07, 6.45) is 6.94. The molecule has 2 unspecified atom stereocenters. The summed E-state index contributed by atoms with van der Waals surface area (Å²) >= 11 is 3.64. The molecule has 3 heteroatoms. The van der Waals surface area contributed by atoms with E-state index in [1.807, 2.05) is 0 Å². The van der Waals surface area contributed by atoms with Crippen molar-refractivity contribution in [3.63, 3.8) is 0 Å². The van der Waals surface area contributed by atoms with Gasteiger partial charge in [0, 0.05) is 34.9 Å². The maximum atomic E-state index is 5.94. The van der Waals surface area contributed by atoms with Crippen molar-refractivity contribution in [3.8, 4) is 0 Å². The van der Waals surface area contributed by atoms with E-state index in [2.05, 4.69) is 39.0 Å². The Morgan fingerprint density at radius 3 is 2.89 bits per heavy atom. The summed E-state index contributed by atoms with van der Waals surface area (Å²) in [4.78, 5) is 2.63. The third kappa shape index (κ3) is 2.08. The van der Waals surface area contributed by atoms with Gasteiger partial charge in [-0.3, -0.25) is 0 Å². The Balaban J connectivity index is 1.96. The zero-order valence-electron chi connectivity index (χ0n) is 10.7. The topological polar surface area (TPSA) is 29.3 Å². The third-order valence-electron chi connectivity index (χ3n) is 4.60. The van der Waals surface area contributed by atoms with Gasteiger partial charge in [-0.2, -0.15) is 0 Å². The third-order valence-corrected chi connectivity index (χ3v) is 5.34. The summed E-state index contributed by atoms with van der Waals surface area (Å²) < 4.78 is 1.16. The smallest absolute Gasteiger partial charge is 0.0425 e. The van der Waals surface area contributed by atoms with Crippen LogP contribution in [-0.4, -0.2) is 12.6 Å². The van der Waals surface area contributed by atoms with Crippen molar-refractivity contribution in [1.29, 1.82) is 0 Å². The lowest BCUT2D eigenvalue weighted by atomic mass is 9.91. The molecule has 1 aromatic rings. The van der Waals surface area contributed by atoms with Gasteiger partial charge in [0.1, 0.15) is 0 Å². The molecule has 2 fully saturated rings. The molecule has 0 spiro atoms. The number of hydrogen-bond donors (Lipinski definition) is 1. The number of benzene rings is 1. The molecule has 1 saturated carbocycles. The predicted octanol–water partition coefficient (Wildman–Crippen LogP) is 3.68. The molecule has 0 amide bonds. The van der Waals surface area contributed by atoms with Crippen LogP contribution in [-0.2, 0) is 6.54 Å². The van der Waals surface area contributed by atoms with Gasteiger partial charge < -0.3 is 10.6 Å². The standard InChI is InChI=1S/C15H21BrN2/c16-13-6-2-8-15(12(13)10-17)18-9-3-5-11-4-1-7-14(11)18/h2,6,8,11,14H,1,3-5,7,9-10,17H2. The second kappa shape index (κ2) is 5.22. The van der Waals surface area contributed by atoms with Crippen LogP contribution in [0.5, 0.6) is 0 Å². The molecule has 98 valence electrons. The monoisotopic (exact) mass is 308 g/mol. The van der Waals surface area contributed by atoms with Gasteiger partial charge >= 0.3 is 0 Å².